The Morgan fingerprint density at radius 2 is 2.19 bits per heavy atom. The van der Waals surface area contributed by atoms with Crippen LogP contribution in [-0.4, -0.2) is 15.6 Å². The van der Waals surface area contributed by atoms with Crippen LogP contribution in [-0.2, 0) is 13.6 Å². The molecule has 1 aromatic carbocycles. The number of rotatable bonds is 2. The number of benzene rings is 1. The van der Waals surface area contributed by atoms with Gasteiger partial charge in [0.15, 0.2) is 11.0 Å². The molecule has 0 aliphatic heterocycles. The summed E-state index contributed by atoms with van der Waals surface area (Å²) < 4.78 is 4.19. The Labute approximate surface area is 93.7 Å². The summed E-state index contributed by atoms with van der Waals surface area (Å²) >= 11 is 0. The van der Waals surface area contributed by atoms with E-state index in [-0.39, 0.29) is 0 Å². The number of nitrogens with zero attached hydrogens (tertiary/aromatic N) is 2. The van der Waals surface area contributed by atoms with Crippen LogP contribution in [0.2, 0.25) is 0 Å². The lowest BCUT2D eigenvalue weighted by Crippen LogP contribution is -2.30. The van der Waals surface area contributed by atoms with Crippen molar-refractivity contribution < 1.29 is 14.5 Å². The van der Waals surface area contributed by atoms with Gasteiger partial charge in [-0.05, 0) is 19.1 Å². The van der Waals surface area contributed by atoms with Crippen LogP contribution in [0.25, 0.3) is 11.0 Å². The number of fused-ring (bicyclic) bond motifs is 1. The van der Waals surface area contributed by atoms with Gasteiger partial charge in [-0.15, -0.1) is 0 Å². The van der Waals surface area contributed by atoms with E-state index in [0.29, 0.717) is 5.56 Å². The van der Waals surface area contributed by atoms with Gasteiger partial charge < -0.3 is 5.11 Å². The Balaban J connectivity index is 2.81. The first-order valence-electron chi connectivity index (χ1n) is 5.28. The lowest BCUT2D eigenvalue weighted by Gasteiger charge is -1.95. The Morgan fingerprint density at radius 1 is 1.50 bits per heavy atom. The molecule has 84 valence electrons. The van der Waals surface area contributed by atoms with Crippen LogP contribution in [0.15, 0.2) is 18.2 Å². The summed E-state index contributed by atoms with van der Waals surface area (Å²) in [7, 11) is 1.99. The van der Waals surface area contributed by atoms with E-state index >= 15 is 0 Å². The molecular formula is C12H15N2O2+. The Hall–Kier alpha value is -1.84. The highest BCUT2D eigenvalue weighted by Crippen LogP contribution is 2.16. The van der Waals surface area contributed by atoms with Gasteiger partial charge in [0.1, 0.15) is 0 Å². The van der Waals surface area contributed by atoms with Gasteiger partial charge >= 0.3 is 5.97 Å². The predicted octanol–water partition coefficient (Wildman–Crippen LogP) is 1.49. The van der Waals surface area contributed by atoms with Gasteiger partial charge in [-0.2, -0.15) is 0 Å². The lowest BCUT2D eigenvalue weighted by molar-refractivity contribution is -0.652. The molecule has 0 spiro atoms. The molecule has 0 bridgehead atoms. The average Bonchev–Trinajstić information content (AvgIpc) is 2.51. The first-order valence-corrected chi connectivity index (χ1v) is 5.28. The van der Waals surface area contributed by atoms with Crippen molar-refractivity contribution in [3.8, 4) is 0 Å². The van der Waals surface area contributed by atoms with E-state index in [2.05, 4.69) is 16.1 Å². The monoisotopic (exact) mass is 219 g/mol. The van der Waals surface area contributed by atoms with E-state index in [1.807, 2.05) is 20.0 Å². The van der Waals surface area contributed by atoms with Crippen molar-refractivity contribution in [2.45, 2.75) is 20.4 Å². The minimum atomic E-state index is -0.883. The largest absolute Gasteiger partial charge is 0.478 e. The average molecular weight is 219 g/mol. The number of aromatic carboxylic acids is 1. The van der Waals surface area contributed by atoms with Crippen LogP contribution in [0.3, 0.4) is 0 Å². The molecule has 4 heteroatoms. The zero-order valence-electron chi connectivity index (χ0n) is 9.69. The van der Waals surface area contributed by atoms with Crippen molar-refractivity contribution >= 4 is 17.0 Å². The van der Waals surface area contributed by atoms with Gasteiger partial charge in [0, 0.05) is 13.0 Å². The summed E-state index contributed by atoms with van der Waals surface area (Å²) in [6.45, 7) is 4.93. The van der Waals surface area contributed by atoms with Gasteiger partial charge in [0.05, 0.1) is 19.2 Å². The fourth-order valence-corrected chi connectivity index (χ4v) is 2.09. The molecule has 1 N–H and O–H groups in total. The van der Waals surface area contributed by atoms with Crippen LogP contribution >= 0.6 is 0 Å². The number of aryl methyl sites for hydroxylation is 2. The van der Waals surface area contributed by atoms with E-state index in [9.17, 15) is 4.79 Å². The maximum Gasteiger partial charge on any atom is 0.335 e. The molecule has 1 heterocycles. The number of carboxylic acids is 1. The number of hydrogen-bond donors (Lipinski definition) is 1. The van der Waals surface area contributed by atoms with Crippen LogP contribution in [0, 0.1) is 6.92 Å². The van der Waals surface area contributed by atoms with Gasteiger partial charge in [-0.25, -0.2) is 13.9 Å². The Morgan fingerprint density at radius 3 is 2.75 bits per heavy atom. The third kappa shape index (κ3) is 1.38. The first-order chi connectivity index (χ1) is 7.56. The fourth-order valence-electron chi connectivity index (χ4n) is 2.09. The molecule has 0 radical (unpaired) electrons. The SMILES string of the molecule is CCn1c(C)[n+](C)c2ccc(C(=O)O)cc21. The maximum absolute atomic E-state index is 10.9. The summed E-state index contributed by atoms with van der Waals surface area (Å²) in [5.74, 6) is 0.242. The summed E-state index contributed by atoms with van der Waals surface area (Å²) in [4.78, 5) is 10.9. The maximum atomic E-state index is 10.9. The number of hydrogen-bond acceptors (Lipinski definition) is 1. The molecule has 2 rings (SSSR count). The van der Waals surface area contributed by atoms with Crippen molar-refractivity contribution in [1.29, 1.82) is 0 Å². The molecule has 0 atom stereocenters. The molecule has 16 heavy (non-hydrogen) atoms. The number of imidazole rings is 1. The lowest BCUT2D eigenvalue weighted by atomic mass is 10.2. The van der Waals surface area contributed by atoms with Gasteiger partial charge in [-0.3, -0.25) is 0 Å². The van der Waals surface area contributed by atoms with Crippen molar-refractivity contribution in [1.82, 2.24) is 4.57 Å². The fraction of sp³-hybridized carbons (Fsp3) is 0.333. The second kappa shape index (κ2) is 3.63. The second-order valence-corrected chi connectivity index (χ2v) is 3.86. The molecule has 0 unspecified atom stereocenters. The number of carboxylic acid groups (broad SMARTS) is 1. The molecule has 0 aliphatic carbocycles. The quantitative estimate of drug-likeness (QED) is 0.778. The van der Waals surface area contributed by atoms with Crippen molar-refractivity contribution in [3.05, 3.63) is 29.6 Å². The highest BCUT2D eigenvalue weighted by molar-refractivity contribution is 5.91. The number of aromatic nitrogens is 2. The molecule has 2 aromatic rings. The highest BCUT2D eigenvalue weighted by Gasteiger charge is 2.19. The van der Waals surface area contributed by atoms with E-state index in [1.54, 1.807) is 12.1 Å². The van der Waals surface area contributed by atoms with Crippen LogP contribution in [0.5, 0.6) is 0 Å². The van der Waals surface area contributed by atoms with Gasteiger partial charge in [-0.1, -0.05) is 0 Å². The smallest absolute Gasteiger partial charge is 0.335 e. The van der Waals surface area contributed by atoms with Gasteiger partial charge in [0.25, 0.3) is 5.82 Å². The number of carbonyl (C=O) groups is 1. The van der Waals surface area contributed by atoms with Crippen molar-refractivity contribution in [2.75, 3.05) is 0 Å². The normalized spacial score (nSPS) is 10.9. The summed E-state index contributed by atoms with van der Waals surface area (Å²) in [6.07, 6.45) is 0. The second-order valence-electron chi connectivity index (χ2n) is 3.86. The minimum absolute atomic E-state index is 0.334. The molecule has 0 saturated heterocycles. The first kappa shape index (κ1) is 10.7. The Bertz CT molecular complexity index is 570. The molecular weight excluding hydrogens is 204 g/mol. The van der Waals surface area contributed by atoms with Crippen molar-refractivity contribution in [2.24, 2.45) is 7.05 Å². The van der Waals surface area contributed by atoms with Crippen LogP contribution < -0.4 is 4.57 Å². The summed E-state index contributed by atoms with van der Waals surface area (Å²) in [5.41, 5.74) is 2.37. The molecule has 0 amide bonds. The summed E-state index contributed by atoms with van der Waals surface area (Å²) in [5, 5.41) is 8.97. The van der Waals surface area contributed by atoms with Crippen LogP contribution in [0.4, 0.5) is 0 Å². The van der Waals surface area contributed by atoms with E-state index in [1.165, 1.54) is 0 Å². The topological polar surface area (TPSA) is 46.1 Å². The zero-order valence-corrected chi connectivity index (χ0v) is 9.69. The molecule has 0 saturated carbocycles. The highest BCUT2D eigenvalue weighted by atomic mass is 16.4. The Kier molecular flexibility index (Phi) is 2.42. The van der Waals surface area contributed by atoms with Crippen LogP contribution in [0.1, 0.15) is 23.1 Å². The van der Waals surface area contributed by atoms with E-state index in [0.717, 1.165) is 23.4 Å². The van der Waals surface area contributed by atoms with E-state index in [4.69, 9.17) is 5.11 Å². The minimum Gasteiger partial charge on any atom is -0.478 e. The third-order valence-electron chi connectivity index (χ3n) is 3.07. The standard InChI is InChI=1S/C12H14N2O2/c1-4-14-8(2)13(3)10-6-5-9(12(15)16)7-11(10)14/h5-7H,4H2,1-3H3/p+1. The predicted molar refractivity (Wildman–Crippen MR) is 60.5 cm³/mol. The molecule has 1 aromatic heterocycles. The van der Waals surface area contributed by atoms with E-state index < -0.39 is 5.97 Å². The third-order valence-corrected chi connectivity index (χ3v) is 3.07. The van der Waals surface area contributed by atoms with Gasteiger partial charge in [0.2, 0.25) is 0 Å². The zero-order chi connectivity index (χ0) is 11.9. The molecule has 0 aliphatic rings. The van der Waals surface area contributed by atoms with Crippen molar-refractivity contribution in [3.63, 3.8) is 0 Å². The molecule has 0 fully saturated rings. The molecule has 4 nitrogen and oxygen atoms in total. The summed E-state index contributed by atoms with van der Waals surface area (Å²) in [6, 6.07) is 5.23.